The van der Waals surface area contributed by atoms with E-state index >= 15 is 0 Å². The average Bonchev–Trinajstić information content (AvgIpc) is 2.49. The highest BCUT2D eigenvalue weighted by Crippen LogP contribution is 2.32. The number of nitrogens with zero attached hydrogens (tertiary/aromatic N) is 2. The van der Waals surface area contributed by atoms with Crippen LogP contribution in [0.3, 0.4) is 0 Å². The van der Waals surface area contributed by atoms with E-state index in [-0.39, 0.29) is 0 Å². The lowest BCUT2D eigenvalue weighted by molar-refractivity contribution is 0.692. The van der Waals surface area contributed by atoms with Crippen molar-refractivity contribution < 1.29 is 0 Å². The molecule has 2 N–H and O–H groups in total. The molecule has 2 aromatic rings. The predicted molar refractivity (Wildman–Crippen MR) is 81.4 cm³/mol. The Bertz CT molecular complexity index is 653. The number of nitrogen functional groups attached to an aromatic ring is 1. The fraction of sp³-hybridized carbons (Fsp3) is 0.235. The smallest absolute Gasteiger partial charge is 0.0991 e. The molecule has 0 radical (unpaired) electrons. The number of anilines is 2. The second-order valence-electron chi connectivity index (χ2n) is 5.18. The van der Waals surface area contributed by atoms with Gasteiger partial charge in [0.2, 0.25) is 0 Å². The standard InChI is InChI=1S/C17H17N3/c18-11-13-6-8-14(9-7-13)12-20-10-2-3-15-16(19)4-1-5-17(15)20/h1,4-9H,2-3,10,12,19H2. The molecule has 2 aromatic carbocycles. The number of rotatable bonds is 2. The fourth-order valence-corrected chi connectivity index (χ4v) is 2.80. The van der Waals surface area contributed by atoms with Crippen molar-refractivity contribution in [1.29, 1.82) is 5.26 Å². The third-order valence-electron chi connectivity index (χ3n) is 3.84. The highest BCUT2D eigenvalue weighted by atomic mass is 15.1. The molecule has 0 atom stereocenters. The van der Waals surface area contributed by atoms with E-state index in [4.69, 9.17) is 11.0 Å². The SMILES string of the molecule is N#Cc1ccc(CN2CCCc3c(N)cccc32)cc1. The lowest BCUT2D eigenvalue weighted by Crippen LogP contribution is -2.29. The van der Waals surface area contributed by atoms with Crippen LogP contribution in [0.5, 0.6) is 0 Å². The van der Waals surface area contributed by atoms with Crippen LogP contribution in [-0.4, -0.2) is 6.54 Å². The molecule has 0 aliphatic carbocycles. The topological polar surface area (TPSA) is 53.0 Å². The van der Waals surface area contributed by atoms with Crippen LogP contribution in [0, 0.1) is 11.3 Å². The van der Waals surface area contributed by atoms with Gasteiger partial charge in [0.1, 0.15) is 0 Å². The quantitative estimate of drug-likeness (QED) is 0.847. The zero-order valence-corrected chi connectivity index (χ0v) is 11.3. The highest BCUT2D eigenvalue weighted by molar-refractivity contribution is 5.66. The van der Waals surface area contributed by atoms with Crippen molar-refractivity contribution in [2.75, 3.05) is 17.2 Å². The maximum absolute atomic E-state index is 8.84. The summed E-state index contributed by atoms with van der Waals surface area (Å²) in [5, 5.41) is 8.84. The second kappa shape index (κ2) is 5.26. The minimum atomic E-state index is 0.706. The van der Waals surface area contributed by atoms with Crippen LogP contribution in [0.4, 0.5) is 11.4 Å². The van der Waals surface area contributed by atoms with E-state index in [1.165, 1.54) is 16.8 Å². The number of benzene rings is 2. The Balaban J connectivity index is 1.86. The number of nitriles is 1. The van der Waals surface area contributed by atoms with E-state index in [0.717, 1.165) is 31.6 Å². The molecule has 3 heteroatoms. The molecule has 1 heterocycles. The largest absolute Gasteiger partial charge is 0.398 e. The van der Waals surface area contributed by atoms with Gasteiger partial charge in [-0.3, -0.25) is 0 Å². The first kappa shape index (κ1) is 12.6. The third-order valence-corrected chi connectivity index (χ3v) is 3.84. The van der Waals surface area contributed by atoms with Gasteiger partial charge in [-0.05, 0) is 48.2 Å². The van der Waals surface area contributed by atoms with Crippen molar-refractivity contribution in [2.24, 2.45) is 0 Å². The predicted octanol–water partition coefficient (Wildman–Crippen LogP) is 3.09. The zero-order valence-electron chi connectivity index (χ0n) is 11.3. The van der Waals surface area contributed by atoms with Gasteiger partial charge in [0.15, 0.2) is 0 Å². The first-order valence-corrected chi connectivity index (χ1v) is 6.89. The van der Waals surface area contributed by atoms with Gasteiger partial charge < -0.3 is 10.6 Å². The lowest BCUT2D eigenvalue weighted by Gasteiger charge is -2.32. The summed E-state index contributed by atoms with van der Waals surface area (Å²) in [4.78, 5) is 2.37. The van der Waals surface area contributed by atoms with Gasteiger partial charge in [-0.25, -0.2) is 0 Å². The number of hydrogen-bond acceptors (Lipinski definition) is 3. The maximum atomic E-state index is 8.84. The van der Waals surface area contributed by atoms with Gasteiger partial charge in [0.05, 0.1) is 11.6 Å². The highest BCUT2D eigenvalue weighted by Gasteiger charge is 2.18. The molecule has 100 valence electrons. The van der Waals surface area contributed by atoms with Crippen LogP contribution in [0.1, 0.15) is 23.1 Å². The third kappa shape index (κ3) is 2.33. The second-order valence-corrected chi connectivity index (χ2v) is 5.18. The van der Waals surface area contributed by atoms with Gasteiger partial charge >= 0.3 is 0 Å². The van der Waals surface area contributed by atoms with Crippen molar-refractivity contribution in [2.45, 2.75) is 19.4 Å². The minimum absolute atomic E-state index is 0.706. The van der Waals surface area contributed by atoms with Crippen LogP contribution in [-0.2, 0) is 13.0 Å². The van der Waals surface area contributed by atoms with Crippen molar-refractivity contribution in [1.82, 2.24) is 0 Å². The molecular weight excluding hydrogens is 246 g/mol. The monoisotopic (exact) mass is 263 g/mol. The molecule has 0 aromatic heterocycles. The molecular formula is C17H17N3. The Kier molecular flexibility index (Phi) is 3.30. The average molecular weight is 263 g/mol. The summed E-state index contributed by atoms with van der Waals surface area (Å²) >= 11 is 0. The summed E-state index contributed by atoms with van der Waals surface area (Å²) in [6, 6.07) is 16.1. The summed E-state index contributed by atoms with van der Waals surface area (Å²) in [5.41, 5.74) is 11.4. The molecule has 0 spiro atoms. The van der Waals surface area contributed by atoms with E-state index in [9.17, 15) is 0 Å². The number of fused-ring (bicyclic) bond motifs is 1. The first-order valence-electron chi connectivity index (χ1n) is 6.89. The van der Waals surface area contributed by atoms with Crippen molar-refractivity contribution in [3.63, 3.8) is 0 Å². The summed E-state index contributed by atoms with van der Waals surface area (Å²) in [5.74, 6) is 0. The molecule has 0 saturated heterocycles. The van der Waals surface area contributed by atoms with Crippen LogP contribution in [0.15, 0.2) is 42.5 Å². The Labute approximate surface area is 119 Å². The van der Waals surface area contributed by atoms with Gasteiger partial charge in [-0.15, -0.1) is 0 Å². The van der Waals surface area contributed by atoms with E-state index < -0.39 is 0 Å². The molecule has 1 aliphatic heterocycles. The molecule has 0 fully saturated rings. The Morgan fingerprint density at radius 1 is 1.15 bits per heavy atom. The van der Waals surface area contributed by atoms with Crippen LogP contribution < -0.4 is 10.6 Å². The maximum Gasteiger partial charge on any atom is 0.0991 e. The molecule has 0 saturated carbocycles. The Morgan fingerprint density at radius 3 is 2.70 bits per heavy atom. The number of hydrogen-bond donors (Lipinski definition) is 1. The molecule has 3 nitrogen and oxygen atoms in total. The Morgan fingerprint density at radius 2 is 1.95 bits per heavy atom. The minimum Gasteiger partial charge on any atom is -0.398 e. The summed E-state index contributed by atoms with van der Waals surface area (Å²) in [7, 11) is 0. The summed E-state index contributed by atoms with van der Waals surface area (Å²) in [6.07, 6.45) is 2.20. The first-order chi connectivity index (χ1) is 9.78. The van der Waals surface area contributed by atoms with Crippen molar-refractivity contribution >= 4 is 11.4 Å². The molecule has 3 rings (SSSR count). The van der Waals surface area contributed by atoms with Crippen molar-refractivity contribution in [3.8, 4) is 6.07 Å². The molecule has 1 aliphatic rings. The molecule has 0 unspecified atom stereocenters. The fourth-order valence-electron chi connectivity index (χ4n) is 2.80. The Hall–Kier alpha value is -2.47. The summed E-state index contributed by atoms with van der Waals surface area (Å²) in [6.45, 7) is 1.92. The van der Waals surface area contributed by atoms with E-state index in [2.05, 4.69) is 17.0 Å². The van der Waals surface area contributed by atoms with Gasteiger partial charge in [-0.1, -0.05) is 18.2 Å². The van der Waals surface area contributed by atoms with Gasteiger partial charge in [-0.2, -0.15) is 5.26 Å². The van der Waals surface area contributed by atoms with E-state index in [0.29, 0.717) is 5.56 Å². The molecule has 20 heavy (non-hydrogen) atoms. The lowest BCUT2D eigenvalue weighted by atomic mass is 9.99. The van der Waals surface area contributed by atoms with Crippen LogP contribution in [0.2, 0.25) is 0 Å². The normalized spacial score (nSPS) is 13.7. The van der Waals surface area contributed by atoms with Gasteiger partial charge in [0.25, 0.3) is 0 Å². The van der Waals surface area contributed by atoms with Crippen LogP contribution in [0.25, 0.3) is 0 Å². The summed E-state index contributed by atoms with van der Waals surface area (Å²) < 4.78 is 0. The molecule has 0 amide bonds. The van der Waals surface area contributed by atoms with E-state index in [1.54, 1.807) is 0 Å². The van der Waals surface area contributed by atoms with Crippen LogP contribution >= 0.6 is 0 Å². The van der Waals surface area contributed by atoms with Crippen molar-refractivity contribution in [3.05, 3.63) is 59.2 Å². The van der Waals surface area contributed by atoms with E-state index in [1.807, 2.05) is 36.4 Å². The zero-order chi connectivity index (χ0) is 13.9. The molecule has 0 bridgehead atoms. The van der Waals surface area contributed by atoms with Gasteiger partial charge in [0, 0.05) is 24.5 Å². The number of nitrogens with two attached hydrogens (primary N) is 1.